The minimum atomic E-state index is -0.0121. The molecule has 4 heteroatoms. The fourth-order valence-electron chi connectivity index (χ4n) is 3.50. The summed E-state index contributed by atoms with van der Waals surface area (Å²) in [5.74, 6) is 0.675. The smallest absolute Gasteiger partial charge is 0.253 e. The maximum atomic E-state index is 12.6. The quantitative estimate of drug-likeness (QED) is 0.872. The highest BCUT2D eigenvalue weighted by molar-refractivity contribution is 5.94. The normalized spacial score (nSPS) is 14.8. The molecule has 3 rings (SSSR count). The van der Waals surface area contributed by atoms with Crippen LogP contribution in [0.1, 0.15) is 51.1 Å². The zero-order valence-corrected chi connectivity index (χ0v) is 16.2. The molecule has 0 atom stereocenters. The first kappa shape index (κ1) is 19.2. The van der Waals surface area contributed by atoms with Gasteiger partial charge in [-0.15, -0.1) is 0 Å². The lowest BCUT2D eigenvalue weighted by molar-refractivity contribution is 0.0687. The second-order valence-electron chi connectivity index (χ2n) is 7.51. The summed E-state index contributed by atoms with van der Waals surface area (Å²) in [6, 6.07) is 15.4. The van der Waals surface area contributed by atoms with Crippen LogP contribution in [0, 0.1) is 19.8 Å². The van der Waals surface area contributed by atoms with Gasteiger partial charge in [0.1, 0.15) is 0 Å². The number of hydrogen-bond acceptors (Lipinski definition) is 2. The Balaban J connectivity index is 1.40. The summed E-state index contributed by atoms with van der Waals surface area (Å²) in [4.78, 5) is 26.7. The number of nitrogens with zero attached hydrogens (tertiary/aromatic N) is 1. The SMILES string of the molecule is Cc1ccc(C(=O)NCCC2CCN(C(=O)c3ccc(C)cc3)CC2)cc1. The molecule has 1 N–H and O–H groups in total. The number of amides is 2. The van der Waals surface area contributed by atoms with Crippen LogP contribution >= 0.6 is 0 Å². The Morgan fingerprint density at radius 2 is 1.41 bits per heavy atom. The lowest BCUT2D eigenvalue weighted by Gasteiger charge is -2.32. The summed E-state index contributed by atoms with van der Waals surface area (Å²) in [5.41, 5.74) is 3.79. The van der Waals surface area contributed by atoms with E-state index < -0.39 is 0 Å². The third-order valence-electron chi connectivity index (χ3n) is 5.35. The number of rotatable bonds is 5. The van der Waals surface area contributed by atoms with Crippen LogP contribution in [0.4, 0.5) is 0 Å². The van der Waals surface area contributed by atoms with Crippen molar-refractivity contribution in [1.82, 2.24) is 10.2 Å². The highest BCUT2D eigenvalue weighted by atomic mass is 16.2. The number of benzene rings is 2. The molecule has 1 heterocycles. The van der Waals surface area contributed by atoms with Crippen molar-refractivity contribution in [3.8, 4) is 0 Å². The molecule has 0 radical (unpaired) electrons. The fraction of sp³-hybridized carbons (Fsp3) is 0.391. The minimum absolute atomic E-state index is 0.0121. The first-order valence-electron chi connectivity index (χ1n) is 9.74. The van der Waals surface area contributed by atoms with Crippen molar-refractivity contribution in [3.05, 3.63) is 70.8 Å². The van der Waals surface area contributed by atoms with Crippen molar-refractivity contribution in [2.45, 2.75) is 33.1 Å². The zero-order valence-electron chi connectivity index (χ0n) is 16.2. The number of nitrogens with one attached hydrogen (secondary N) is 1. The average molecular weight is 364 g/mol. The van der Waals surface area contributed by atoms with Gasteiger partial charge in [-0.2, -0.15) is 0 Å². The molecule has 1 fully saturated rings. The predicted molar refractivity (Wildman–Crippen MR) is 108 cm³/mol. The Bertz CT molecular complexity index is 770. The number of aryl methyl sites for hydroxylation is 2. The van der Waals surface area contributed by atoms with Gasteiger partial charge in [-0.05, 0) is 63.3 Å². The molecule has 1 saturated heterocycles. The van der Waals surface area contributed by atoms with E-state index in [0.717, 1.165) is 49.0 Å². The molecule has 0 aliphatic carbocycles. The molecule has 0 aromatic heterocycles. The largest absolute Gasteiger partial charge is 0.352 e. The Labute approximate surface area is 161 Å². The molecule has 1 aliphatic rings. The van der Waals surface area contributed by atoms with Gasteiger partial charge in [0, 0.05) is 30.8 Å². The van der Waals surface area contributed by atoms with Gasteiger partial charge in [-0.1, -0.05) is 35.4 Å². The molecule has 2 aromatic carbocycles. The molecule has 27 heavy (non-hydrogen) atoms. The molecular weight excluding hydrogens is 336 g/mol. The molecule has 2 amide bonds. The van der Waals surface area contributed by atoms with Gasteiger partial charge in [0.25, 0.3) is 11.8 Å². The average Bonchev–Trinajstić information content (AvgIpc) is 2.69. The summed E-state index contributed by atoms with van der Waals surface area (Å²) in [7, 11) is 0. The lowest BCUT2D eigenvalue weighted by atomic mass is 9.93. The van der Waals surface area contributed by atoms with Gasteiger partial charge >= 0.3 is 0 Å². The molecule has 142 valence electrons. The molecule has 0 spiro atoms. The van der Waals surface area contributed by atoms with E-state index in [2.05, 4.69) is 5.32 Å². The van der Waals surface area contributed by atoms with E-state index in [1.54, 1.807) is 0 Å². The van der Waals surface area contributed by atoms with Crippen LogP contribution in [0.25, 0.3) is 0 Å². The maximum absolute atomic E-state index is 12.6. The summed E-state index contributed by atoms with van der Waals surface area (Å²) < 4.78 is 0. The molecule has 0 saturated carbocycles. The monoisotopic (exact) mass is 364 g/mol. The van der Waals surface area contributed by atoms with E-state index in [1.165, 1.54) is 0 Å². The van der Waals surface area contributed by atoms with Crippen molar-refractivity contribution < 1.29 is 9.59 Å². The standard InChI is InChI=1S/C23H28N2O2/c1-17-3-7-20(8-4-17)22(26)24-14-11-19-12-15-25(16-13-19)23(27)21-9-5-18(2)6-10-21/h3-10,19H,11-16H2,1-2H3,(H,24,26). The summed E-state index contributed by atoms with van der Waals surface area (Å²) in [5, 5.41) is 3.01. The van der Waals surface area contributed by atoms with E-state index in [1.807, 2.05) is 67.3 Å². The van der Waals surface area contributed by atoms with Crippen molar-refractivity contribution in [1.29, 1.82) is 0 Å². The second kappa shape index (κ2) is 8.85. The third kappa shape index (κ3) is 5.19. The number of hydrogen-bond donors (Lipinski definition) is 1. The van der Waals surface area contributed by atoms with Crippen LogP contribution in [0.3, 0.4) is 0 Å². The highest BCUT2D eigenvalue weighted by Crippen LogP contribution is 2.21. The van der Waals surface area contributed by atoms with Crippen LogP contribution < -0.4 is 5.32 Å². The van der Waals surface area contributed by atoms with Gasteiger partial charge in [-0.3, -0.25) is 9.59 Å². The second-order valence-corrected chi connectivity index (χ2v) is 7.51. The first-order chi connectivity index (χ1) is 13.0. The molecule has 2 aromatic rings. The Kier molecular flexibility index (Phi) is 6.28. The Morgan fingerprint density at radius 3 is 1.96 bits per heavy atom. The number of carbonyl (C=O) groups excluding carboxylic acids is 2. The van der Waals surface area contributed by atoms with Gasteiger partial charge < -0.3 is 10.2 Å². The van der Waals surface area contributed by atoms with Crippen LogP contribution in [-0.4, -0.2) is 36.3 Å². The van der Waals surface area contributed by atoms with Gasteiger partial charge in [0.05, 0.1) is 0 Å². The van der Waals surface area contributed by atoms with Crippen molar-refractivity contribution in [2.75, 3.05) is 19.6 Å². The zero-order chi connectivity index (χ0) is 19.2. The van der Waals surface area contributed by atoms with Crippen LogP contribution in [0.15, 0.2) is 48.5 Å². The maximum Gasteiger partial charge on any atom is 0.253 e. The molecule has 4 nitrogen and oxygen atoms in total. The Morgan fingerprint density at radius 1 is 0.889 bits per heavy atom. The molecule has 0 unspecified atom stereocenters. The van der Waals surface area contributed by atoms with Gasteiger partial charge in [0.15, 0.2) is 0 Å². The number of carbonyl (C=O) groups is 2. The molecular formula is C23H28N2O2. The topological polar surface area (TPSA) is 49.4 Å². The summed E-state index contributed by atoms with van der Waals surface area (Å²) in [6.07, 6.45) is 2.96. The number of likely N-dealkylation sites (tertiary alicyclic amines) is 1. The number of piperidine rings is 1. The molecule has 0 bridgehead atoms. The summed E-state index contributed by atoms with van der Waals surface area (Å²) >= 11 is 0. The third-order valence-corrected chi connectivity index (χ3v) is 5.35. The van der Waals surface area contributed by atoms with E-state index in [0.29, 0.717) is 18.0 Å². The van der Waals surface area contributed by atoms with Crippen molar-refractivity contribution in [2.24, 2.45) is 5.92 Å². The summed E-state index contributed by atoms with van der Waals surface area (Å²) in [6.45, 7) is 6.31. The fourth-order valence-corrected chi connectivity index (χ4v) is 3.50. The van der Waals surface area contributed by atoms with E-state index in [9.17, 15) is 9.59 Å². The van der Waals surface area contributed by atoms with Crippen LogP contribution in [0.2, 0.25) is 0 Å². The van der Waals surface area contributed by atoms with Crippen LogP contribution in [-0.2, 0) is 0 Å². The Hall–Kier alpha value is -2.62. The first-order valence-corrected chi connectivity index (χ1v) is 9.74. The van der Waals surface area contributed by atoms with Crippen molar-refractivity contribution >= 4 is 11.8 Å². The molecule has 1 aliphatic heterocycles. The minimum Gasteiger partial charge on any atom is -0.352 e. The van der Waals surface area contributed by atoms with Crippen molar-refractivity contribution in [3.63, 3.8) is 0 Å². The van der Waals surface area contributed by atoms with Crippen LogP contribution in [0.5, 0.6) is 0 Å². The van der Waals surface area contributed by atoms with Gasteiger partial charge in [-0.25, -0.2) is 0 Å². The van der Waals surface area contributed by atoms with E-state index >= 15 is 0 Å². The van der Waals surface area contributed by atoms with Gasteiger partial charge in [0.2, 0.25) is 0 Å². The predicted octanol–water partition coefficient (Wildman–Crippen LogP) is 3.98. The van der Waals surface area contributed by atoms with E-state index in [-0.39, 0.29) is 11.8 Å². The lowest BCUT2D eigenvalue weighted by Crippen LogP contribution is -2.39. The van der Waals surface area contributed by atoms with E-state index in [4.69, 9.17) is 0 Å². The highest BCUT2D eigenvalue weighted by Gasteiger charge is 2.23.